The molecule has 9 nitrogen and oxygen atoms in total. The lowest BCUT2D eigenvalue weighted by Gasteiger charge is -2.31. The molecule has 3 heterocycles. The van der Waals surface area contributed by atoms with Gasteiger partial charge in [0.05, 0.1) is 30.1 Å². The first-order valence-corrected chi connectivity index (χ1v) is 11.7. The van der Waals surface area contributed by atoms with Crippen LogP contribution in [0.2, 0.25) is 0 Å². The van der Waals surface area contributed by atoms with E-state index >= 15 is 0 Å². The first-order chi connectivity index (χ1) is 16.8. The van der Waals surface area contributed by atoms with Crippen LogP contribution in [-0.4, -0.2) is 62.6 Å². The highest BCUT2D eigenvalue weighted by molar-refractivity contribution is 5.95. The molecule has 1 aromatic carbocycles. The molecule has 1 N–H and O–H groups in total. The third kappa shape index (κ3) is 5.08. The van der Waals surface area contributed by atoms with Crippen LogP contribution in [-0.2, 0) is 4.74 Å². The van der Waals surface area contributed by atoms with E-state index in [1.807, 2.05) is 6.92 Å². The van der Waals surface area contributed by atoms with E-state index in [0.29, 0.717) is 43.6 Å². The Labute approximate surface area is 201 Å². The third-order valence-corrected chi connectivity index (χ3v) is 5.88. The first-order valence-electron chi connectivity index (χ1n) is 11.7. The van der Waals surface area contributed by atoms with Crippen LogP contribution in [0.5, 0.6) is 0 Å². The van der Waals surface area contributed by atoms with Crippen LogP contribution >= 0.6 is 0 Å². The van der Waals surface area contributed by atoms with Gasteiger partial charge >= 0.3 is 6.09 Å². The number of nitrogens with one attached hydrogen (secondary N) is 1. The molecule has 1 fully saturated rings. The highest BCUT2D eigenvalue weighted by Crippen LogP contribution is 2.29. The number of piperidine rings is 1. The van der Waals surface area contributed by atoms with Crippen molar-refractivity contribution in [3.63, 3.8) is 0 Å². The van der Waals surface area contributed by atoms with E-state index in [9.17, 15) is 18.4 Å². The normalized spacial score (nSPS) is 14.5. The number of carbonyl (C=O) groups is 2. The maximum absolute atomic E-state index is 14.8. The lowest BCUT2D eigenvalue weighted by Crippen LogP contribution is -2.39. The van der Waals surface area contributed by atoms with Crippen molar-refractivity contribution in [2.45, 2.75) is 52.1 Å². The Balaban J connectivity index is 1.52. The van der Waals surface area contributed by atoms with Gasteiger partial charge in [-0.05, 0) is 51.3 Å². The van der Waals surface area contributed by atoms with Gasteiger partial charge in [-0.3, -0.25) is 9.78 Å². The summed E-state index contributed by atoms with van der Waals surface area (Å²) in [5.74, 6) is -3.06. The number of hydrogen-bond donors (Lipinski definition) is 1. The Morgan fingerprint density at radius 3 is 2.63 bits per heavy atom. The first kappa shape index (κ1) is 24.5. The molecule has 1 saturated heterocycles. The number of aromatic nitrogens is 4. The van der Waals surface area contributed by atoms with E-state index in [1.165, 1.54) is 18.3 Å². The Morgan fingerprint density at radius 1 is 1.20 bits per heavy atom. The van der Waals surface area contributed by atoms with Gasteiger partial charge in [0.25, 0.3) is 5.91 Å². The standard InChI is InChI=1S/C24H28F2N6O3/c1-4-11-35-24(34)31-9-7-15(8-10-31)32-20-13-27-18(12-19(20)29-30-32)16-5-6-17(22(26)21(16)25)23(33)28-14(2)3/h5-6,12-15H,4,7-11H2,1-3H3,(H,28,33). The van der Waals surface area contributed by atoms with E-state index in [2.05, 4.69) is 20.6 Å². The SMILES string of the molecule is CCCOC(=O)N1CCC(n2nnc3cc(-c4ccc(C(=O)NC(C)C)c(F)c4F)ncc32)CC1. The summed E-state index contributed by atoms with van der Waals surface area (Å²) >= 11 is 0. The summed E-state index contributed by atoms with van der Waals surface area (Å²) in [6, 6.07) is 3.93. The summed E-state index contributed by atoms with van der Waals surface area (Å²) in [7, 11) is 0. The number of likely N-dealkylation sites (tertiary alicyclic amines) is 1. The molecule has 2 aromatic heterocycles. The summed E-state index contributed by atoms with van der Waals surface area (Å²) < 4.78 is 36.4. The van der Waals surface area contributed by atoms with Crippen molar-refractivity contribution in [1.29, 1.82) is 0 Å². The average Bonchev–Trinajstić information content (AvgIpc) is 3.27. The molecule has 0 saturated carbocycles. The largest absolute Gasteiger partial charge is 0.449 e. The van der Waals surface area contributed by atoms with Crippen molar-refractivity contribution in [2.24, 2.45) is 0 Å². The van der Waals surface area contributed by atoms with Gasteiger partial charge in [-0.25, -0.2) is 18.3 Å². The minimum Gasteiger partial charge on any atom is -0.449 e. The number of rotatable bonds is 6. The molecule has 0 spiro atoms. The fourth-order valence-electron chi connectivity index (χ4n) is 4.09. The molecule has 3 aromatic rings. The highest BCUT2D eigenvalue weighted by atomic mass is 19.2. The topological polar surface area (TPSA) is 102 Å². The number of benzene rings is 1. The van der Waals surface area contributed by atoms with Crippen LogP contribution in [0, 0.1) is 11.6 Å². The fraction of sp³-hybridized carbons (Fsp3) is 0.458. The zero-order valence-corrected chi connectivity index (χ0v) is 19.9. The molecule has 0 aliphatic carbocycles. The van der Waals surface area contributed by atoms with Crippen LogP contribution in [0.25, 0.3) is 22.3 Å². The maximum Gasteiger partial charge on any atom is 0.409 e. The van der Waals surface area contributed by atoms with Crippen LogP contribution in [0.15, 0.2) is 24.4 Å². The molecule has 1 aliphatic rings. The third-order valence-electron chi connectivity index (χ3n) is 5.88. The van der Waals surface area contributed by atoms with E-state index < -0.39 is 17.5 Å². The van der Waals surface area contributed by atoms with Gasteiger partial charge in [0.15, 0.2) is 11.6 Å². The van der Waals surface area contributed by atoms with Crippen molar-refractivity contribution >= 4 is 23.0 Å². The molecule has 11 heteroatoms. The van der Waals surface area contributed by atoms with Crippen molar-refractivity contribution in [3.05, 3.63) is 41.6 Å². The van der Waals surface area contributed by atoms with Gasteiger partial charge in [-0.2, -0.15) is 0 Å². The van der Waals surface area contributed by atoms with Gasteiger partial charge in [0.1, 0.15) is 11.0 Å². The Hall–Kier alpha value is -3.63. The minimum atomic E-state index is -1.23. The molecule has 0 unspecified atom stereocenters. The number of amides is 2. The predicted octanol–water partition coefficient (Wildman–Crippen LogP) is 4.09. The van der Waals surface area contributed by atoms with Crippen LogP contribution in [0.4, 0.5) is 13.6 Å². The molecule has 0 radical (unpaired) electrons. The van der Waals surface area contributed by atoms with Gasteiger partial charge in [0, 0.05) is 24.7 Å². The molecule has 186 valence electrons. The summed E-state index contributed by atoms with van der Waals surface area (Å²) in [5.41, 5.74) is 0.900. The second kappa shape index (κ2) is 10.3. The second-order valence-corrected chi connectivity index (χ2v) is 8.84. The van der Waals surface area contributed by atoms with E-state index in [4.69, 9.17) is 4.74 Å². The molecule has 1 aliphatic heterocycles. The zero-order valence-electron chi connectivity index (χ0n) is 19.9. The fourth-order valence-corrected chi connectivity index (χ4v) is 4.09. The van der Waals surface area contributed by atoms with Crippen molar-refractivity contribution in [1.82, 2.24) is 30.2 Å². The quantitative estimate of drug-likeness (QED) is 0.563. The van der Waals surface area contributed by atoms with Crippen LogP contribution < -0.4 is 5.32 Å². The number of pyridine rings is 1. The summed E-state index contributed by atoms with van der Waals surface area (Å²) in [5, 5.41) is 11.0. The molecular weight excluding hydrogens is 458 g/mol. The summed E-state index contributed by atoms with van der Waals surface area (Å²) in [4.78, 5) is 30.2. The van der Waals surface area contributed by atoms with Crippen molar-refractivity contribution in [3.8, 4) is 11.3 Å². The molecule has 35 heavy (non-hydrogen) atoms. The lowest BCUT2D eigenvalue weighted by molar-refractivity contribution is 0.0877. The second-order valence-electron chi connectivity index (χ2n) is 8.84. The van der Waals surface area contributed by atoms with E-state index in [1.54, 1.807) is 29.5 Å². The molecule has 2 amide bonds. The van der Waals surface area contributed by atoms with E-state index in [-0.39, 0.29) is 35.0 Å². The van der Waals surface area contributed by atoms with E-state index in [0.717, 1.165) is 6.42 Å². The number of fused-ring (bicyclic) bond motifs is 1. The molecular formula is C24H28F2N6O3. The van der Waals surface area contributed by atoms with Crippen molar-refractivity contribution < 1.29 is 23.1 Å². The van der Waals surface area contributed by atoms with Gasteiger partial charge < -0.3 is 15.0 Å². The van der Waals surface area contributed by atoms with Gasteiger partial charge in [-0.15, -0.1) is 5.10 Å². The molecule has 4 rings (SSSR count). The maximum atomic E-state index is 14.8. The van der Waals surface area contributed by atoms with Crippen LogP contribution in [0.3, 0.4) is 0 Å². The van der Waals surface area contributed by atoms with Gasteiger partial charge in [-0.1, -0.05) is 12.1 Å². The Bertz CT molecular complexity index is 1240. The number of hydrogen-bond acceptors (Lipinski definition) is 6. The monoisotopic (exact) mass is 486 g/mol. The minimum absolute atomic E-state index is 0.0239. The lowest BCUT2D eigenvalue weighted by atomic mass is 10.0. The Kier molecular flexibility index (Phi) is 7.23. The number of nitrogens with zero attached hydrogens (tertiary/aromatic N) is 5. The molecule has 0 atom stereocenters. The number of ether oxygens (including phenoxy) is 1. The number of halogens is 2. The van der Waals surface area contributed by atoms with Crippen molar-refractivity contribution in [2.75, 3.05) is 19.7 Å². The molecule has 0 bridgehead atoms. The summed E-state index contributed by atoms with van der Waals surface area (Å²) in [6.45, 7) is 6.90. The highest BCUT2D eigenvalue weighted by Gasteiger charge is 2.27. The summed E-state index contributed by atoms with van der Waals surface area (Å²) in [6.07, 6.45) is 3.36. The average molecular weight is 487 g/mol. The Morgan fingerprint density at radius 2 is 1.94 bits per heavy atom. The smallest absolute Gasteiger partial charge is 0.409 e. The predicted molar refractivity (Wildman–Crippen MR) is 125 cm³/mol. The van der Waals surface area contributed by atoms with Gasteiger partial charge in [0.2, 0.25) is 0 Å². The number of carbonyl (C=O) groups excluding carboxylic acids is 2. The van der Waals surface area contributed by atoms with Crippen LogP contribution in [0.1, 0.15) is 56.4 Å². The zero-order chi connectivity index (χ0) is 25.1.